The third-order valence-corrected chi connectivity index (χ3v) is 5.93. The van der Waals surface area contributed by atoms with Crippen LogP contribution in [0.3, 0.4) is 0 Å². The van der Waals surface area contributed by atoms with Crippen molar-refractivity contribution in [2.45, 2.75) is 51.0 Å². The van der Waals surface area contributed by atoms with Crippen molar-refractivity contribution in [2.75, 3.05) is 31.6 Å². The molecule has 148 valence electrons. The number of carbonyl (C=O) groups excluding carboxylic acids is 1. The zero-order valence-electron chi connectivity index (χ0n) is 16.1. The average molecular weight is 374 g/mol. The van der Waals surface area contributed by atoms with Crippen LogP contribution in [0.5, 0.6) is 0 Å². The van der Waals surface area contributed by atoms with Crippen LogP contribution in [0, 0.1) is 5.92 Å². The van der Waals surface area contributed by atoms with E-state index in [1.807, 2.05) is 6.07 Å². The van der Waals surface area contributed by atoms with Gasteiger partial charge < -0.3 is 20.2 Å². The molecule has 2 amide bonds. The summed E-state index contributed by atoms with van der Waals surface area (Å²) in [6.07, 6.45) is 8.63. The molecule has 2 fully saturated rings. The first-order chi connectivity index (χ1) is 13.0. The molecule has 2 heterocycles. The smallest absolute Gasteiger partial charge is 0.407 e. The van der Waals surface area contributed by atoms with E-state index in [1.165, 1.54) is 37.0 Å². The van der Waals surface area contributed by atoms with Crippen LogP contribution in [-0.4, -0.2) is 59.7 Å². The third kappa shape index (κ3) is 5.11. The van der Waals surface area contributed by atoms with E-state index in [4.69, 9.17) is 5.11 Å². The molecule has 3 rings (SSSR count). The number of rotatable bonds is 5. The maximum atomic E-state index is 12.5. The molecule has 7 nitrogen and oxygen atoms in total. The van der Waals surface area contributed by atoms with Gasteiger partial charge in [-0.05, 0) is 43.7 Å². The fraction of sp³-hybridized carbons (Fsp3) is 0.650. The summed E-state index contributed by atoms with van der Waals surface area (Å²) < 4.78 is 0. The first-order valence-corrected chi connectivity index (χ1v) is 9.99. The van der Waals surface area contributed by atoms with E-state index in [2.05, 4.69) is 22.2 Å². The number of aromatic nitrogens is 1. The molecule has 2 N–H and O–H groups in total. The lowest BCUT2D eigenvalue weighted by Crippen LogP contribution is -2.41. The number of nitrogens with one attached hydrogen (secondary N) is 1. The highest BCUT2D eigenvalue weighted by molar-refractivity contribution is 5.94. The predicted molar refractivity (Wildman–Crippen MR) is 104 cm³/mol. The van der Waals surface area contributed by atoms with E-state index in [0.717, 1.165) is 18.7 Å². The highest BCUT2D eigenvalue weighted by Crippen LogP contribution is 2.25. The quantitative estimate of drug-likeness (QED) is 0.827. The van der Waals surface area contributed by atoms with Gasteiger partial charge in [0.05, 0.1) is 0 Å². The Labute approximate surface area is 160 Å². The highest BCUT2D eigenvalue weighted by Gasteiger charge is 2.23. The number of carbonyl (C=O) groups is 2. The fourth-order valence-electron chi connectivity index (χ4n) is 4.08. The van der Waals surface area contributed by atoms with Crippen LogP contribution in [-0.2, 0) is 0 Å². The predicted octanol–water partition coefficient (Wildman–Crippen LogP) is 2.97. The van der Waals surface area contributed by atoms with E-state index >= 15 is 0 Å². The zero-order valence-corrected chi connectivity index (χ0v) is 16.1. The van der Waals surface area contributed by atoms with Crippen LogP contribution in [0.4, 0.5) is 10.6 Å². The number of pyridine rings is 1. The van der Waals surface area contributed by atoms with Gasteiger partial charge >= 0.3 is 6.09 Å². The van der Waals surface area contributed by atoms with Gasteiger partial charge in [-0.1, -0.05) is 19.3 Å². The molecule has 0 radical (unpaired) electrons. The molecular weight excluding hydrogens is 344 g/mol. The van der Waals surface area contributed by atoms with Gasteiger partial charge in [-0.15, -0.1) is 0 Å². The Balaban J connectivity index is 1.52. The molecule has 1 aliphatic heterocycles. The molecule has 0 bridgehead atoms. The van der Waals surface area contributed by atoms with Crippen LogP contribution in [0.1, 0.15) is 55.3 Å². The Morgan fingerprint density at radius 1 is 1.22 bits per heavy atom. The first-order valence-electron chi connectivity index (χ1n) is 9.99. The maximum Gasteiger partial charge on any atom is 0.407 e. The molecule has 27 heavy (non-hydrogen) atoms. The number of likely N-dealkylation sites (tertiary alicyclic amines) is 1. The van der Waals surface area contributed by atoms with Crippen molar-refractivity contribution < 1.29 is 14.7 Å². The molecular formula is C20H30N4O3. The van der Waals surface area contributed by atoms with Crippen LogP contribution < -0.4 is 10.2 Å². The van der Waals surface area contributed by atoms with Crippen molar-refractivity contribution in [3.05, 3.63) is 23.9 Å². The van der Waals surface area contributed by atoms with Crippen molar-refractivity contribution in [1.29, 1.82) is 0 Å². The molecule has 0 unspecified atom stereocenters. The summed E-state index contributed by atoms with van der Waals surface area (Å²) in [6, 6.07) is 4.13. The number of hydrogen-bond donors (Lipinski definition) is 2. The summed E-state index contributed by atoms with van der Waals surface area (Å²) in [4.78, 5) is 31.6. The molecule has 2 aliphatic rings. The normalized spacial score (nSPS) is 18.9. The summed E-state index contributed by atoms with van der Waals surface area (Å²) in [7, 11) is 2.07. The van der Waals surface area contributed by atoms with E-state index < -0.39 is 6.09 Å². The van der Waals surface area contributed by atoms with Gasteiger partial charge in [-0.2, -0.15) is 0 Å². The van der Waals surface area contributed by atoms with Crippen molar-refractivity contribution >= 4 is 17.8 Å². The van der Waals surface area contributed by atoms with Gasteiger partial charge in [0.2, 0.25) is 0 Å². The number of hydrogen-bond acceptors (Lipinski definition) is 4. The van der Waals surface area contributed by atoms with Crippen LogP contribution >= 0.6 is 0 Å². The lowest BCUT2D eigenvalue weighted by Gasteiger charge is -2.32. The lowest BCUT2D eigenvalue weighted by atomic mass is 9.94. The Hall–Kier alpha value is -2.31. The average Bonchev–Trinajstić information content (AvgIpc) is 2.72. The minimum absolute atomic E-state index is 0.0867. The minimum atomic E-state index is -0.858. The van der Waals surface area contributed by atoms with Crippen molar-refractivity contribution in [3.8, 4) is 0 Å². The molecule has 1 aromatic rings. The topological polar surface area (TPSA) is 85.8 Å². The van der Waals surface area contributed by atoms with Crippen molar-refractivity contribution in [2.24, 2.45) is 5.92 Å². The number of nitrogens with zero attached hydrogens (tertiary/aromatic N) is 3. The van der Waals surface area contributed by atoms with Gasteiger partial charge in [0, 0.05) is 44.5 Å². The van der Waals surface area contributed by atoms with Gasteiger partial charge in [-0.25, -0.2) is 9.78 Å². The highest BCUT2D eigenvalue weighted by atomic mass is 16.4. The largest absolute Gasteiger partial charge is 0.465 e. The van der Waals surface area contributed by atoms with E-state index in [1.54, 1.807) is 12.3 Å². The summed E-state index contributed by atoms with van der Waals surface area (Å²) in [6.45, 7) is 1.67. The number of piperidine rings is 1. The standard InChI is InChI=1S/C20H30N4O3/c1-23(17-5-3-2-4-6-17)18-13-16(7-10-21-18)19(25)22-14-15-8-11-24(12-9-15)20(26)27/h7,10,13,15,17H,2-6,8-9,11-12,14H2,1H3,(H,22,25)(H,26,27). The SMILES string of the molecule is CN(c1cc(C(=O)NCC2CCN(C(=O)O)CC2)ccn1)C1CCCCC1. The van der Waals surface area contributed by atoms with Crippen LogP contribution in [0.2, 0.25) is 0 Å². The molecule has 1 aliphatic carbocycles. The fourth-order valence-corrected chi connectivity index (χ4v) is 4.08. The van der Waals surface area contributed by atoms with Gasteiger partial charge in [0.15, 0.2) is 0 Å². The summed E-state index contributed by atoms with van der Waals surface area (Å²) >= 11 is 0. The Kier molecular flexibility index (Phi) is 6.53. The molecule has 1 saturated heterocycles. The maximum absolute atomic E-state index is 12.5. The second kappa shape index (κ2) is 9.06. The van der Waals surface area contributed by atoms with Crippen molar-refractivity contribution in [1.82, 2.24) is 15.2 Å². The minimum Gasteiger partial charge on any atom is -0.465 e. The molecule has 0 aromatic carbocycles. The Morgan fingerprint density at radius 2 is 1.93 bits per heavy atom. The molecule has 1 saturated carbocycles. The summed E-state index contributed by atoms with van der Waals surface area (Å²) in [5, 5.41) is 12.0. The zero-order chi connectivity index (χ0) is 19.2. The first kappa shape index (κ1) is 19.5. The van der Waals surface area contributed by atoms with Crippen molar-refractivity contribution in [3.63, 3.8) is 0 Å². The number of amides is 2. The van der Waals surface area contributed by atoms with Gasteiger partial charge in [0.25, 0.3) is 5.91 Å². The van der Waals surface area contributed by atoms with Gasteiger partial charge in [-0.3, -0.25) is 4.79 Å². The second-order valence-electron chi connectivity index (χ2n) is 7.73. The molecule has 1 aromatic heterocycles. The lowest BCUT2D eigenvalue weighted by molar-refractivity contribution is 0.0928. The van der Waals surface area contributed by atoms with Crippen LogP contribution in [0.15, 0.2) is 18.3 Å². The third-order valence-electron chi connectivity index (χ3n) is 5.93. The van der Waals surface area contributed by atoms with Crippen LogP contribution in [0.25, 0.3) is 0 Å². The summed E-state index contributed by atoms with van der Waals surface area (Å²) in [5.41, 5.74) is 0.630. The molecule has 0 spiro atoms. The Bertz CT molecular complexity index is 652. The van der Waals surface area contributed by atoms with E-state index in [0.29, 0.717) is 37.2 Å². The number of carboxylic acid groups (broad SMARTS) is 1. The van der Waals surface area contributed by atoms with E-state index in [-0.39, 0.29) is 5.91 Å². The summed E-state index contributed by atoms with van der Waals surface area (Å²) in [5.74, 6) is 1.09. The Morgan fingerprint density at radius 3 is 2.59 bits per heavy atom. The molecule has 7 heteroatoms. The monoisotopic (exact) mass is 374 g/mol. The second-order valence-corrected chi connectivity index (χ2v) is 7.73. The molecule has 0 atom stereocenters. The number of anilines is 1. The van der Waals surface area contributed by atoms with Gasteiger partial charge in [0.1, 0.15) is 5.82 Å². The van der Waals surface area contributed by atoms with E-state index in [9.17, 15) is 9.59 Å².